The maximum absolute atomic E-state index is 13.7. The van der Waals surface area contributed by atoms with E-state index in [1.807, 2.05) is 0 Å². The minimum atomic E-state index is -4.47. The largest absolute Gasteiger partial charge is 0.416 e. The van der Waals surface area contributed by atoms with Crippen molar-refractivity contribution in [1.82, 2.24) is 24.5 Å². The molecule has 0 aliphatic carbocycles. The summed E-state index contributed by atoms with van der Waals surface area (Å²) in [5, 5.41) is 3.98. The van der Waals surface area contributed by atoms with Crippen LogP contribution in [0.5, 0.6) is 0 Å². The molecule has 40 heavy (non-hydrogen) atoms. The molecule has 3 saturated heterocycles. The maximum Gasteiger partial charge on any atom is 0.416 e. The molecule has 3 aliphatic rings. The maximum atomic E-state index is 13.7. The number of sulfonamides is 1. The normalized spacial score (nSPS) is 22.1. The van der Waals surface area contributed by atoms with Crippen LogP contribution in [0.25, 0.3) is 0 Å². The van der Waals surface area contributed by atoms with Gasteiger partial charge in [0.05, 0.1) is 11.8 Å². The number of aromatic nitrogens is 2. The Hall–Kier alpha value is -3.33. The standard InChI is InChI=1S/C25H32F3N7O4S/c1-17(36)33-15-20-5-6-21(16-33)35(20)22-13-19(25(26,27)28)4-3-18(22)14-31-9-11-32(12-10-31)24(37)34-8-7-23(29-34)30-40(2,38)39/h3-4,7-8,13,20-21H,5-6,9-12,14-16H2,1-2H3,(H,29,30). The highest BCUT2D eigenvalue weighted by Gasteiger charge is 2.42. The number of carbonyl (C=O) groups excluding carboxylic acids is 2. The number of nitrogens with zero attached hydrogens (tertiary/aromatic N) is 6. The zero-order chi connectivity index (χ0) is 28.8. The van der Waals surface area contributed by atoms with Gasteiger partial charge in [0.2, 0.25) is 15.9 Å². The van der Waals surface area contributed by atoms with Gasteiger partial charge in [-0.2, -0.15) is 17.9 Å². The summed E-state index contributed by atoms with van der Waals surface area (Å²) in [7, 11) is -3.52. The SMILES string of the molecule is CC(=O)N1CC2CCC(C1)N2c1cc(C(F)(F)F)ccc1CN1CCN(C(=O)n2ccc(NS(C)(=O)=O)n2)CC1. The fourth-order valence-corrected chi connectivity index (χ4v) is 6.31. The Morgan fingerprint density at radius 3 is 2.25 bits per heavy atom. The van der Waals surface area contributed by atoms with Crippen molar-refractivity contribution in [2.24, 2.45) is 0 Å². The number of alkyl halides is 3. The molecule has 2 bridgehead atoms. The monoisotopic (exact) mass is 583 g/mol. The molecule has 3 fully saturated rings. The molecular formula is C25H32F3N7O4S. The highest BCUT2D eigenvalue weighted by molar-refractivity contribution is 7.92. The summed E-state index contributed by atoms with van der Waals surface area (Å²) in [6.07, 6.45) is -0.453. The second-order valence-corrected chi connectivity index (χ2v) is 12.4. The summed E-state index contributed by atoms with van der Waals surface area (Å²) < 4.78 is 67.2. The lowest BCUT2D eigenvalue weighted by atomic mass is 10.0. The van der Waals surface area contributed by atoms with Crippen LogP contribution in [0.1, 0.15) is 30.9 Å². The molecule has 15 heteroatoms. The molecule has 218 valence electrons. The molecule has 0 spiro atoms. The van der Waals surface area contributed by atoms with Gasteiger partial charge in [0.1, 0.15) is 0 Å². The van der Waals surface area contributed by atoms with Gasteiger partial charge in [-0.25, -0.2) is 13.2 Å². The predicted octanol–water partition coefficient (Wildman–Crippen LogP) is 2.26. The number of hydrogen-bond donors (Lipinski definition) is 1. The number of fused-ring (bicyclic) bond motifs is 2. The molecule has 11 nitrogen and oxygen atoms in total. The van der Waals surface area contributed by atoms with Gasteiger partial charge >= 0.3 is 12.2 Å². The Kier molecular flexibility index (Phi) is 7.46. The number of amides is 2. The number of nitrogens with one attached hydrogen (secondary N) is 1. The summed E-state index contributed by atoms with van der Waals surface area (Å²) in [5.74, 6) is 0.0219. The summed E-state index contributed by atoms with van der Waals surface area (Å²) >= 11 is 0. The third-order valence-electron chi connectivity index (χ3n) is 7.73. The van der Waals surface area contributed by atoms with Gasteiger partial charge < -0.3 is 14.7 Å². The van der Waals surface area contributed by atoms with Gasteiger partial charge in [-0.15, -0.1) is 5.10 Å². The van der Waals surface area contributed by atoms with E-state index in [1.54, 1.807) is 15.9 Å². The third-order valence-corrected chi connectivity index (χ3v) is 8.31. The van der Waals surface area contributed by atoms with Crippen LogP contribution in [0.3, 0.4) is 0 Å². The summed E-state index contributed by atoms with van der Waals surface area (Å²) in [6.45, 7) is 4.71. The second-order valence-electron chi connectivity index (χ2n) is 10.6. The van der Waals surface area contributed by atoms with Crippen LogP contribution < -0.4 is 9.62 Å². The number of anilines is 2. The van der Waals surface area contributed by atoms with E-state index >= 15 is 0 Å². The van der Waals surface area contributed by atoms with Crippen molar-refractivity contribution in [1.29, 1.82) is 0 Å². The molecule has 1 aromatic carbocycles. The predicted molar refractivity (Wildman–Crippen MR) is 141 cm³/mol. The van der Waals surface area contributed by atoms with Gasteiger partial charge in [0, 0.05) is 82.8 Å². The Morgan fingerprint density at radius 2 is 1.68 bits per heavy atom. The van der Waals surface area contributed by atoms with Crippen molar-refractivity contribution in [2.75, 3.05) is 55.1 Å². The topological polar surface area (TPSA) is 111 Å². The minimum Gasteiger partial charge on any atom is -0.362 e. The second kappa shape index (κ2) is 10.6. The summed E-state index contributed by atoms with van der Waals surface area (Å²) in [4.78, 5) is 32.4. The number of piperazine rings is 2. The lowest BCUT2D eigenvalue weighted by molar-refractivity contribution is -0.137. The van der Waals surface area contributed by atoms with E-state index in [4.69, 9.17) is 0 Å². The molecule has 4 heterocycles. The van der Waals surface area contributed by atoms with E-state index in [1.165, 1.54) is 25.3 Å². The molecule has 2 unspecified atom stereocenters. The molecule has 0 saturated carbocycles. The van der Waals surface area contributed by atoms with Gasteiger partial charge in [-0.05, 0) is 30.5 Å². The summed E-state index contributed by atoms with van der Waals surface area (Å²) in [6, 6.07) is 4.84. The highest BCUT2D eigenvalue weighted by atomic mass is 32.2. The van der Waals surface area contributed by atoms with Crippen LogP contribution in [-0.2, 0) is 27.5 Å². The minimum absolute atomic E-state index is 0.0220. The third kappa shape index (κ3) is 6.04. The van der Waals surface area contributed by atoms with Gasteiger partial charge in [-0.1, -0.05) is 6.07 Å². The molecule has 5 rings (SSSR count). The van der Waals surface area contributed by atoms with Crippen molar-refractivity contribution in [3.63, 3.8) is 0 Å². The molecule has 2 aromatic rings. The molecule has 3 aliphatic heterocycles. The first-order valence-corrected chi connectivity index (χ1v) is 15.0. The molecule has 2 atom stereocenters. The van der Waals surface area contributed by atoms with E-state index in [2.05, 4.69) is 19.6 Å². The van der Waals surface area contributed by atoms with Crippen molar-refractivity contribution in [3.05, 3.63) is 41.6 Å². The Balaban J connectivity index is 1.29. The van der Waals surface area contributed by atoms with E-state index in [-0.39, 0.29) is 23.8 Å². The lowest BCUT2D eigenvalue weighted by Crippen LogP contribution is -2.55. The van der Waals surface area contributed by atoms with Crippen molar-refractivity contribution in [3.8, 4) is 0 Å². The van der Waals surface area contributed by atoms with Crippen molar-refractivity contribution >= 4 is 33.5 Å². The van der Waals surface area contributed by atoms with E-state index in [0.29, 0.717) is 51.5 Å². The zero-order valence-corrected chi connectivity index (χ0v) is 23.1. The molecule has 0 radical (unpaired) electrons. The molecule has 1 N–H and O–H groups in total. The first-order chi connectivity index (χ1) is 18.8. The number of halogens is 3. The van der Waals surface area contributed by atoms with Gasteiger partial charge in [0.25, 0.3) is 0 Å². The van der Waals surface area contributed by atoms with Gasteiger partial charge in [-0.3, -0.25) is 14.4 Å². The molecular weight excluding hydrogens is 551 g/mol. The number of rotatable bonds is 5. The van der Waals surface area contributed by atoms with Crippen molar-refractivity contribution < 1.29 is 31.2 Å². The van der Waals surface area contributed by atoms with E-state index in [0.717, 1.165) is 35.4 Å². The number of hydrogen-bond acceptors (Lipinski definition) is 7. The fraction of sp³-hybridized carbons (Fsp3) is 0.560. The Labute approximate surface area is 230 Å². The average molecular weight is 584 g/mol. The van der Waals surface area contributed by atoms with Crippen LogP contribution in [0.4, 0.5) is 29.5 Å². The smallest absolute Gasteiger partial charge is 0.362 e. The lowest BCUT2D eigenvalue weighted by Gasteiger charge is -2.43. The first kappa shape index (κ1) is 28.2. The van der Waals surface area contributed by atoms with Crippen molar-refractivity contribution in [2.45, 2.75) is 44.6 Å². The quantitative estimate of drug-likeness (QED) is 0.575. The van der Waals surface area contributed by atoms with Crippen LogP contribution in [0, 0.1) is 0 Å². The average Bonchev–Trinajstić information content (AvgIpc) is 3.43. The Morgan fingerprint density at radius 1 is 1.02 bits per heavy atom. The first-order valence-electron chi connectivity index (χ1n) is 13.1. The summed E-state index contributed by atoms with van der Waals surface area (Å²) in [5.41, 5.74) is 0.648. The van der Waals surface area contributed by atoms with Gasteiger partial charge in [0.15, 0.2) is 5.82 Å². The van der Waals surface area contributed by atoms with E-state index in [9.17, 15) is 31.2 Å². The fourth-order valence-electron chi connectivity index (χ4n) is 5.83. The van der Waals surface area contributed by atoms with Crippen LogP contribution in [0.2, 0.25) is 0 Å². The molecule has 1 aromatic heterocycles. The van der Waals surface area contributed by atoms with E-state index < -0.39 is 27.8 Å². The highest BCUT2D eigenvalue weighted by Crippen LogP contribution is 2.40. The van der Waals surface area contributed by atoms with Crippen LogP contribution in [-0.4, -0.2) is 102 Å². The number of likely N-dealkylation sites (tertiary alicyclic amines) is 1. The van der Waals surface area contributed by atoms with Crippen LogP contribution in [0.15, 0.2) is 30.5 Å². The molecule has 2 amide bonds. The van der Waals surface area contributed by atoms with Crippen LogP contribution >= 0.6 is 0 Å². The number of carbonyl (C=O) groups is 2. The number of benzene rings is 1. The Bertz CT molecular complexity index is 1370. The zero-order valence-electron chi connectivity index (χ0n) is 22.3.